The Hall–Kier alpha value is -4.93. The Morgan fingerprint density at radius 2 is 1.30 bits per heavy atom. The Balaban J connectivity index is 0.957. The van der Waals surface area contributed by atoms with Gasteiger partial charge in [-0.2, -0.15) is 0 Å². The molecule has 4 heterocycles. The maximum absolute atomic E-state index is 6.01. The molecule has 3 nitrogen and oxygen atoms in total. The lowest BCUT2D eigenvalue weighted by Gasteiger charge is -2.09. The lowest BCUT2D eigenvalue weighted by molar-refractivity contribution is 0.667. The first-order valence-electron chi connectivity index (χ1n) is 15.5. The predicted molar refractivity (Wildman–Crippen MR) is 186 cm³/mol. The van der Waals surface area contributed by atoms with Crippen molar-refractivity contribution in [1.82, 2.24) is 9.55 Å². The predicted octanol–water partition coefficient (Wildman–Crippen LogP) is 11.4. The minimum atomic E-state index is 0.967. The van der Waals surface area contributed by atoms with Crippen LogP contribution < -0.4 is 0 Å². The van der Waals surface area contributed by atoms with Gasteiger partial charge in [0.15, 0.2) is 0 Å². The lowest BCUT2D eigenvalue weighted by Crippen LogP contribution is -1.94. The second-order valence-corrected chi connectivity index (χ2v) is 12.9. The smallest absolute Gasteiger partial charge is 0.135 e. The zero-order valence-electron chi connectivity index (χ0n) is 24.3. The Morgan fingerprint density at radius 1 is 0.545 bits per heavy atom. The number of fused-ring (bicyclic) bond motifs is 9. The van der Waals surface area contributed by atoms with Gasteiger partial charge in [0.05, 0.1) is 21.3 Å². The standard InChI is InChI=1S/C40H30N2OS/c1(3-10-27-17-20-37-32(24-27)30-12-5-7-14-36(30)43-37)2-9-26-16-19-35-31(23-26)29-11-4-6-13-34(29)42(35)28-18-21-38-33(25-28)40-39(44-38)15-8-22-41-40/h4-8,11-25H,1-3,9-10H2. The third-order valence-corrected chi connectivity index (χ3v) is 10.2. The van der Waals surface area contributed by atoms with Crippen molar-refractivity contribution in [2.45, 2.75) is 32.1 Å². The summed E-state index contributed by atoms with van der Waals surface area (Å²) in [5.41, 5.74) is 9.52. The van der Waals surface area contributed by atoms with Crippen molar-refractivity contribution < 1.29 is 4.42 Å². The molecule has 0 aliphatic carbocycles. The van der Waals surface area contributed by atoms with E-state index >= 15 is 0 Å². The Labute approximate surface area is 259 Å². The quantitative estimate of drug-likeness (QED) is 0.174. The Kier molecular flexibility index (Phi) is 6.02. The van der Waals surface area contributed by atoms with Crippen LogP contribution in [0.2, 0.25) is 0 Å². The van der Waals surface area contributed by atoms with Crippen LogP contribution in [-0.2, 0) is 12.8 Å². The third-order valence-electron chi connectivity index (χ3n) is 9.08. The molecule has 9 rings (SSSR count). The Morgan fingerprint density at radius 3 is 2.20 bits per heavy atom. The first-order valence-corrected chi connectivity index (χ1v) is 16.3. The summed E-state index contributed by atoms with van der Waals surface area (Å²) in [6, 6.07) is 41.9. The summed E-state index contributed by atoms with van der Waals surface area (Å²) < 4.78 is 10.9. The van der Waals surface area contributed by atoms with Gasteiger partial charge < -0.3 is 8.98 Å². The molecule has 212 valence electrons. The van der Waals surface area contributed by atoms with E-state index in [1.807, 2.05) is 35.7 Å². The number of aromatic nitrogens is 2. The van der Waals surface area contributed by atoms with Gasteiger partial charge in [0, 0.05) is 43.5 Å². The molecule has 5 aromatic carbocycles. The van der Waals surface area contributed by atoms with Gasteiger partial charge in [0.1, 0.15) is 11.2 Å². The number of nitrogens with zero attached hydrogens (tertiary/aromatic N) is 2. The van der Waals surface area contributed by atoms with Crippen molar-refractivity contribution >= 4 is 75.4 Å². The number of benzene rings is 5. The van der Waals surface area contributed by atoms with Gasteiger partial charge in [-0.1, -0.05) is 55.0 Å². The topological polar surface area (TPSA) is 31.0 Å². The second-order valence-electron chi connectivity index (χ2n) is 11.8. The number of thiophene rings is 1. The highest BCUT2D eigenvalue weighted by Gasteiger charge is 2.15. The Bertz CT molecular complexity index is 2500. The summed E-state index contributed by atoms with van der Waals surface area (Å²) in [5.74, 6) is 0. The molecule has 0 saturated carbocycles. The van der Waals surface area contributed by atoms with E-state index in [-0.39, 0.29) is 0 Å². The highest BCUT2D eigenvalue weighted by atomic mass is 32.1. The number of hydrogen-bond donors (Lipinski definition) is 0. The number of aryl methyl sites for hydroxylation is 2. The zero-order chi connectivity index (χ0) is 29.0. The van der Waals surface area contributed by atoms with E-state index in [1.54, 1.807) is 0 Å². The first kappa shape index (κ1) is 25.6. The lowest BCUT2D eigenvalue weighted by atomic mass is 10.0. The minimum Gasteiger partial charge on any atom is -0.456 e. The zero-order valence-corrected chi connectivity index (χ0v) is 25.1. The molecular weight excluding hydrogens is 557 g/mol. The normalized spacial score (nSPS) is 12.1. The number of hydrogen-bond acceptors (Lipinski definition) is 3. The van der Waals surface area contributed by atoms with Crippen molar-refractivity contribution in [3.8, 4) is 5.69 Å². The molecule has 0 bridgehead atoms. The van der Waals surface area contributed by atoms with E-state index in [9.17, 15) is 0 Å². The van der Waals surface area contributed by atoms with E-state index < -0.39 is 0 Å². The van der Waals surface area contributed by atoms with E-state index in [1.165, 1.54) is 83.4 Å². The van der Waals surface area contributed by atoms with Crippen molar-refractivity contribution in [2.75, 3.05) is 0 Å². The molecule has 0 radical (unpaired) electrons. The van der Waals surface area contributed by atoms with E-state index in [2.05, 4.69) is 102 Å². The van der Waals surface area contributed by atoms with E-state index in [0.29, 0.717) is 0 Å². The van der Waals surface area contributed by atoms with Crippen LogP contribution in [0.3, 0.4) is 0 Å². The summed E-state index contributed by atoms with van der Waals surface area (Å²) in [6.07, 6.45) is 7.69. The number of para-hydroxylation sites is 2. The first-order chi connectivity index (χ1) is 21.8. The van der Waals surface area contributed by atoms with Crippen LogP contribution in [-0.4, -0.2) is 9.55 Å². The van der Waals surface area contributed by atoms with Gasteiger partial charge >= 0.3 is 0 Å². The summed E-state index contributed by atoms with van der Waals surface area (Å²) in [5, 5.41) is 6.29. The van der Waals surface area contributed by atoms with Gasteiger partial charge in [-0.05, 0) is 104 Å². The molecule has 0 aliphatic rings. The van der Waals surface area contributed by atoms with E-state index in [0.717, 1.165) is 29.5 Å². The van der Waals surface area contributed by atoms with Gasteiger partial charge in [0.2, 0.25) is 0 Å². The van der Waals surface area contributed by atoms with Crippen LogP contribution >= 0.6 is 11.3 Å². The molecule has 0 N–H and O–H groups in total. The summed E-state index contributed by atoms with van der Waals surface area (Å²) in [4.78, 5) is 4.70. The van der Waals surface area contributed by atoms with Crippen LogP contribution in [0.1, 0.15) is 30.4 Å². The summed E-state index contributed by atoms with van der Waals surface area (Å²) in [7, 11) is 0. The second kappa shape index (κ2) is 10.4. The molecule has 9 aromatic rings. The third kappa shape index (κ3) is 4.21. The molecule has 0 aliphatic heterocycles. The number of furan rings is 1. The van der Waals surface area contributed by atoms with Gasteiger partial charge in [0.25, 0.3) is 0 Å². The summed E-state index contributed by atoms with van der Waals surface area (Å²) in [6.45, 7) is 0. The molecule has 0 fully saturated rings. The van der Waals surface area contributed by atoms with Crippen molar-refractivity contribution in [3.63, 3.8) is 0 Å². The maximum atomic E-state index is 6.01. The molecule has 4 heteroatoms. The molecule has 0 amide bonds. The van der Waals surface area contributed by atoms with Crippen LogP contribution in [0, 0.1) is 0 Å². The van der Waals surface area contributed by atoms with Gasteiger partial charge in [-0.15, -0.1) is 11.3 Å². The van der Waals surface area contributed by atoms with Gasteiger partial charge in [-0.25, -0.2) is 0 Å². The van der Waals surface area contributed by atoms with Crippen molar-refractivity contribution in [3.05, 3.63) is 133 Å². The van der Waals surface area contributed by atoms with Crippen LogP contribution in [0.4, 0.5) is 0 Å². The SMILES string of the molecule is c1ccc2c(c1)oc1ccc(CCCCCc3ccc4c(c3)c3ccccc3n4-c3ccc4sc5cccnc5c4c3)cc12. The fourth-order valence-corrected chi connectivity index (χ4v) is 7.99. The molecule has 0 atom stereocenters. The van der Waals surface area contributed by atoms with Crippen molar-refractivity contribution in [2.24, 2.45) is 0 Å². The van der Waals surface area contributed by atoms with Crippen molar-refractivity contribution in [1.29, 1.82) is 0 Å². The number of unbranched alkanes of at least 4 members (excludes halogenated alkanes) is 2. The minimum absolute atomic E-state index is 0.967. The van der Waals surface area contributed by atoms with Gasteiger partial charge in [-0.3, -0.25) is 4.98 Å². The molecule has 4 aromatic heterocycles. The fourth-order valence-electron chi connectivity index (χ4n) is 6.94. The molecule has 0 spiro atoms. The maximum Gasteiger partial charge on any atom is 0.135 e. The van der Waals surface area contributed by atoms with Crippen LogP contribution in [0.15, 0.2) is 126 Å². The number of rotatable bonds is 7. The van der Waals surface area contributed by atoms with Crippen LogP contribution in [0.5, 0.6) is 0 Å². The monoisotopic (exact) mass is 586 g/mol. The molecular formula is C40H30N2OS. The fraction of sp³-hybridized carbons (Fsp3) is 0.125. The van der Waals surface area contributed by atoms with E-state index in [4.69, 9.17) is 9.40 Å². The van der Waals surface area contributed by atoms with Crippen LogP contribution in [0.25, 0.3) is 69.7 Å². The highest BCUT2D eigenvalue weighted by Crippen LogP contribution is 2.37. The average molecular weight is 587 g/mol. The summed E-state index contributed by atoms with van der Waals surface area (Å²) >= 11 is 1.81. The highest BCUT2D eigenvalue weighted by molar-refractivity contribution is 7.25. The molecule has 0 saturated heterocycles. The largest absolute Gasteiger partial charge is 0.456 e. The molecule has 44 heavy (non-hydrogen) atoms. The number of pyridine rings is 1. The molecule has 0 unspecified atom stereocenters. The average Bonchev–Trinajstić information content (AvgIpc) is 3.73.